The van der Waals surface area contributed by atoms with E-state index in [1.165, 1.54) is 17.2 Å². The average Bonchev–Trinajstić information content (AvgIpc) is 2.99. The molecule has 2 amide bonds. The van der Waals surface area contributed by atoms with Crippen LogP contribution >= 0.6 is 11.6 Å². The van der Waals surface area contributed by atoms with Gasteiger partial charge in [-0.1, -0.05) is 18.5 Å². The number of ether oxygens (including phenoxy) is 1. The summed E-state index contributed by atoms with van der Waals surface area (Å²) in [6.07, 6.45) is -1.87. The largest absolute Gasteiger partial charge is 0.478 e. The first-order valence-corrected chi connectivity index (χ1v) is 15.3. The molecule has 3 aromatic rings. The summed E-state index contributed by atoms with van der Waals surface area (Å²) >= 11 is 5.82. The topological polar surface area (TPSA) is 86.8 Å². The van der Waals surface area contributed by atoms with Crippen molar-refractivity contribution in [2.75, 3.05) is 44.2 Å². The maximum absolute atomic E-state index is 16.5. The van der Waals surface area contributed by atoms with E-state index in [0.717, 1.165) is 25.1 Å². The predicted octanol–water partition coefficient (Wildman–Crippen LogP) is 5.79. The molecule has 2 aromatic carbocycles. The van der Waals surface area contributed by atoms with Gasteiger partial charge in [0.25, 0.3) is 11.8 Å². The van der Waals surface area contributed by atoms with Crippen LogP contribution in [-0.4, -0.2) is 73.1 Å². The predicted molar refractivity (Wildman–Crippen MR) is 163 cm³/mol. The lowest BCUT2D eigenvalue weighted by atomic mass is 9.97. The van der Waals surface area contributed by atoms with Gasteiger partial charge in [0.1, 0.15) is 5.82 Å². The van der Waals surface area contributed by atoms with Crippen LogP contribution in [0.15, 0.2) is 48.7 Å². The molecule has 2 fully saturated rings. The van der Waals surface area contributed by atoms with Crippen LogP contribution in [0.2, 0.25) is 5.02 Å². The van der Waals surface area contributed by atoms with Gasteiger partial charge in [0.2, 0.25) is 5.88 Å². The molecule has 45 heavy (non-hydrogen) atoms. The number of piperazine rings is 1. The van der Waals surface area contributed by atoms with Crippen LogP contribution in [0.5, 0.6) is 5.88 Å². The van der Waals surface area contributed by atoms with Gasteiger partial charge in [0.15, 0.2) is 0 Å². The van der Waals surface area contributed by atoms with E-state index < -0.39 is 41.0 Å². The monoisotopic (exact) mass is 647 g/mol. The van der Waals surface area contributed by atoms with Gasteiger partial charge in [-0.3, -0.25) is 9.59 Å². The zero-order valence-corrected chi connectivity index (χ0v) is 25.6. The van der Waals surface area contributed by atoms with Gasteiger partial charge in [0, 0.05) is 60.6 Å². The summed E-state index contributed by atoms with van der Waals surface area (Å²) in [7, 11) is 0. The summed E-state index contributed by atoms with van der Waals surface area (Å²) in [6.45, 7) is 5.43. The van der Waals surface area contributed by atoms with Crippen molar-refractivity contribution in [1.82, 2.24) is 20.5 Å². The van der Waals surface area contributed by atoms with Gasteiger partial charge in [-0.15, -0.1) is 0 Å². The standard InChI is InChI=1S/C32H34ClF4N5O3/c1-3-21-18-41(31(44)24-8-7-19(33)16-25(24)32(35,36)37)14-15-42(21)26-10-9-22(23-6-5-12-39-30(23)45-4-2)28(34)27(26)29(43)40-17-20-11-13-38-20/h5-10,12,16,20-21,38H,3-4,11,13-15,17-18H2,1-2H3,(H,40,43)/t20-,21-/m1/s1. The van der Waals surface area contributed by atoms with Gasteiger partial charge in [-0.25, -0.2) is 9.37 Å². The van der Waals surface area contributed by atoms with Gasteiger partial charge in [-0.05, 0) is 68.8 Å². The number of alkyl halides is 3. The molecular formula is C32H34ClF4N5O3. The van der Waals surface area contributed by atoms with Crippen molar-refractivity contribution in [3.63, 3.8) is 0 Å². The zero-order valence-electron chi connectivity index (χ0n) is 24.9. The molecule has 5 rings (SSSR count). The molecule has 3 heterocycles. The van der Waals surface area contributed by atoms with Crippen LogP contribution < -0.4 is 20.3 Å². The molecule has 13 heteroatoms. The molecule has 0 bridgehead atoms. The Bertz CT molecular complexity index is 1570. The first kappa shape index (κ1) is 32.5. The van der Waals surface area contributed by atoms with E-state index in [0.29, 0.717) is 30.8 Å². The van der Waals surface area contributed by atoms with Gasteiger partial charge < -0.3 is 25.2 Å². The number of amides is 2. The van der Waals surface area contributed by atoms with E-state index in [2.05, 4.69) is 15.6 Å². The number of pyridine rings is 1. The second-order valence-corrected chi connectivity index (χ2v) is 11.4. The Morgan fingerprint density at radius 3 is 2.58 bits per heavy atom. The normalized spacial score (nSPS) is 18.4. The number of nitrogens with one attached hydrogen (secondary N) is 2. The minimum absolute atomic E-state index is 0.0583. The van der Waals surface area contributed by atoms with Gasteiger partial charge >= 0.3 is 6.18 Å². The average molecular weight is 648 g/mol. The molecule has 0 radical (unpaired) electrons. The maximum Gasteiger partial charge on any atom is 0.417 e. The summed E-state index contributed by atoms with van der Waals surface area (Å²) in [4.78, 5) is 34.5. The summed E-state index contributed by atoms with van der Waals surface area (Å²) in [5, 5.41) is 5.93. The van der Waals surface area contributed by atoms with Crippen molar-refractivity contribution < 1.29 is 31.9 Å². The van der Waals surface area contributed by atoms with Crippen LogP contribution in [0.25, 0.3) is 11.1 Å². The number of carbonyl (C=O) groups excluding carboxylic acids is 2. The smallest absolute Gasteiger partial charge is 0.417 e. The Kier molecular flexibility index (Phi) is 9.83. The first-order valence-electron chi connectivity index (χ1n) is 14.9. The second kappa shape index (κ2) is 13.6. The molecule has 1 aromatic heterocycles. The Labute approximate surface area is 263 Å². The highest BCUT2D eigenvalue weighted by Crippen LogP contribution is 2.38. The van der Waals surface area contributed by atoms with Crippen molar-refractivity contribution in [3.05, 3.63) is 76.2 Å². The third kappa shape index (κ3) is 6.86. The summed E-state index contributed by atoms with van der Waals surface area (Å²) in [5.74, 6) is -1.88. The number of hydrogen-bond acceptors (Lipinski definition) is 6. The van der Waals surface area contributed by atoms with E-state index in [-0.39, 0.29) is 47.7 Å². The zero-order chi connectivity index (χ0) is 32.3. The number of halogens is 5. The highest BCUT2D eigenvalue weighted by Gasteiger charge is 2.39. The van der Waals surface area contributed by atoms with Crippen molar-refractivity contribution in [1.29, 1.82) is 0 Å². The Morgan fingerprint density at radius 1 is 1.13 bits per heavy atom. The molecule has 0 aliphatic carbocycles. The second-order valence-electron chi connectivity index (χ2n) is 11.0. The number of benzene rings is 2. The van der Waals surface area contributed by atoms with Gasteiger partial charge in [0.05, 0.1) is 29.0 Å². The van der Waals surface area contributed by atoms with Crippen LogP contribution in [0, 0.1) is 5.82 Å². The Hall–Kier alpha value is -3.90. The Morgan fingerprint density at radius 2 is 1.91 bits per heavy atom. The van der Waals surface area contributed by atoms with E-state index in [9.17, 15) is 22.8 Å². The minimum Gasteiger partial charge on any atom is -0.478 e. The first-order chi connectivity index (χ1) is 21.5. The fourth-order valence-corrected chi connectivity index (χ4v) is 5.89. The summed E-state index contributed by atoms with van der Waals surface area (Å²) in [5.41, 5.74) is -0.880. The lowest BCUT2D eigenvalue weighted by molar-refractivity contribution is -0.138. The molecule has 2 aliphatic rings. The number of aromatic nitrogens is 1. The molecule has 0 saturated carbocycles. The van der Waals surface area contributed by atoms with Crippen LogP contribution in [0.4, 0.5) is 23.2 Å². The number of nitrogens with zero attached hydrogens (tertiary/aromatic N) is 3. The fraction of sp³-hybridized carbons (Fsp3) is 0.406. The lowest BCUT2D eigenvalue weighted by Crippen LogP contribution is -2.55. The summed E-state index contributed by atoms with van der Waals surface area (Å²) in [6, 6.07) is 9.33. The minimum atomic E-state index is -4.77. The molecule has 240 valence electrons. The van der Waals surface area contributed by atoms with Crippen LogP contribution in [-0.2, 0) is 6.18 Å². The molecule has 2 atom stereocenters. The highest BCUT2D eigenvalue weighted by atomic mass is 35.5. The maximum atomic E-state index is 16.5. The van der Waals surface area contributed by atoms with E-state index in [4.69, 9.17) is 16.3 Å². The van der Waals surface area contributed by atoms with E-state index >= 15 is 4.39 Å². The number of anilines is 1. The quantitative estimate of drug-likeness (QED) is 0.286. The van der Waals surface area contributed by atoms with Crippen molar-refractivity contribution in [3.8, 4) is 17.0 Å². The van der Waals surface area contributed by atoms with Crippen LogP contribution in [0.1, 0.15) is 53.0 Å². The molecule has 2 aliphatic heterocycles. The SMILES string of the molecule is CCOc1ncccc1-c1ccc(N2CCN(C(=O)c3ccc(Cl)cc3C(F)(F)F)C[C@H]2CC)c(C(=O)NC[C@H]2CCN2)c1F. The number of carbonyl (C=O) groups is 2. The van der Waals surface area contributed by atoms with Crippen molar-refractivity contribution in [2.24, 2.45) is 0 Å². The van der Waals surface area contributed by atoms with Gasteiger partial charge in [-0.2, -0.15) is 13.2 Å². The van der Waals surface area contributed by atoms with E-state index in [1.807, 2.05) is 11.8 Å². The molecule has 2 saturated heterocycles. The third-order valence-electron chi connectivity index (χ3n) is 8.19. The summed E-state index contributed by atoms with van der Waals surface area (Å²) < 4.78 is 63.5. The molecule has 2 N–H and O–H groups in total. The molecular weight excluding hydrogens is 614 g/mol. The van der Waals surface area contributed by atoms with E-state index in [1.54, 1.807) is 31.2 Å². The fourth-order valence-electron chi connectivity index (χ4n) is 5.72. The molecule has 8 nitrogen and oxygen atoms in total. The number of hydrogen-bond donors (Lipinski definition) is 2. The lowest BCUT2D eigenvalue weighted by Gasteiger charge is -2.43. The highest BCUT2D eigenvalue weighted by molar-refractivity contribution is 6.30. The third-order valence-corrected chi connectivity index (χ3v) is 8.43. The van der Waals surface area contributed by atoms with Crippen molar-refractivity contribution in [2.45, 2.75) is 44.9 Å². The van der Waals surface area contributed by atoms with Crippen molar-refractivity contribution >= 4 is 29.1 Å². The van der Waals surface area contributed by atoms with Crippen LogP contribution in [0.3, 0.4) is 0 Å². The molecule has 0 spiro atoms. The molecule has 0 unspecified atom stereocenters. The number of rotatable bonds is 9. The Balaban J connectivity index is 1.49.